The maximum atomic E-state index is 13.4. The van der Waals surface area contributed by atoms with Gasteiger partial charge in [0.05, 0.1) is 30.7 Å². The van der Waals surface area contributed by atoms with Crippen molar-refractivity contribution >= 4 is 21.6 Å². The lowest BCUT2D eigenvalue weighted by Gasteiger charge is -2.11. The van der Waals surface area contributed by atoms with Gasteiger partial charge in [-0.05, 0) is 54.8 Å². The van der Waals surface area contributed by atoms with Crippen molar-refractivity contribution in [3.05, 3.63) is 80.7 Å². The van der Waals surface area contributed by atoms with E-state index in [0.717, 1.165) is 32.8 Å². The summed E-state index contributed by atoms with van der Waals surface area (Å²) in [7, 11) is 1.65. The number of nitrogens with zero attached hydrogens (tertiary/aromatic N) is 3. The number of fused-ring (bicyclic) bond motifs is 1. The van der Waals surface area contributed by atoms with Crippen LogP contribution in [0.5, 0.6) is 5.75 Å². The minimum Gasteiger partial charge on any atom is -0.496 e. The van der Waals surface area contributed by atoms with Crippen molar-refractivity contribution in [2.24, 2.45) is 0 Å². The Balaban J connectivity index is 1.86. The van der Waals surface area contributed by atoms with Crippen LogP contribution in [0, 0.1) is 25.2 Å². The molecule has 0 saturated heterocycles. The molecule has 2 aromatic heterocycles. The highest BCUT2D eigenvalue weighted by Gasteiger charge is 2.16. The summed E-state index contributed by atoms with van der Waals surface area (Å²) < 4.78 is 7.02. The normalized spacial score (nSPS) is 10.8. The minimum atomic E-state index is -0.0698. The molecule has 2 heterocycles. The van der Waals surface area contributed by atoms with Gasteiger partial charge in [0.15, 0.2) is 0 Å². The number of benzene rings is 2. The first-order valence-electron chi connectivity index (χ1n) is 9.14. The lowest BCUT2D eigenvalue weighted by molar-refractivity contribution is 0.412. The van der Waals surface area contributed by atoms with Crippen LogP contribution in [0.3, 0.4) is 0 Å². The molecule has 0 aliphatic carbocycles. The Bertz CT molecular complexity index is 1330. The Morgan fingerprint density at radius 3 is 2.76 bits per heavy atom. The van der Waals surface area contributed by atoms with E-state index < -0.39 is 0 Å². The molecule has 0 saturated carbocycles. The minimum absolute atomic E-state index is 0.0698. The molecule has 0 fully saturated rings. The molecule has 6 heteroatoms. The summed E-state index contributed by atoms with van der Waals surface area (Å²) >= 11 is 1.48. The van der Waals surface area contributed by atoms with Crippen molar-refractivity contribution in [3.8, 4) is 22.9 Å². The zero-order valence-corrected chi connectivity index (χ0v) is 17.2. The monoisotopic (exact) mass is 401 g/mol. The first-order valence-corrected chi connectivity index (χ1v) is 10.0. The van der Waals surface area contributed by atoms with Crippen LogP contribution in [-0.4, -0.2) is 16.7 Å². The SMILES string of the molecule is COc1ccc(-c2csc3nc(C)n(Cc4cccc(C#N)c4)c(=O)c23)cc1C. The van der Waals surface area contributed by atoms with Gasteiger partial charge in [-0.1, -0.05) is 18.2 Å². The van der Waals surface area contributed by atoms with E-state index in [1.54, 1.807) is 23.8 Å². The molecule has 4 rings (SSSR count). The lowest BCUT2D eigenvalue weighted by Crippen LogP contribution is -2.24. The highest BCUT2D eigenvalue weighted by atomic mass is 32.1. The molecule has 0 spiro atoms. The third-order valence-corrected chi connectivity index (χ3v) is 5.86. The Kier molecular flexibility index (Phi) is 4.91. The number of hydrogen-bond acceptors (Lipinski definition) is 5. The van der Waals surface area contributed by atoms with Crippen molar-refractivity contribution in [1.29, 1.82) is 5.26 Å². The summed E-state index contributed by atoms with van der Waals surface area (Å²) in [6.45, 7) is 4.20. The fourth-order valence-corrected chi connectivity index (χ4v) is 4.48. The second-order valence-corrected chi connectivity index (χ2v) is 7.73. The highest BCUT2D eigenvalue weighted by molar-refractivity contribution is 7.17. The molecule has 0 N–H and O–H groups in total. The van der Waals surface area contributed by atoms with Crippen molar-refractivity contribution < 1.29 is 4.74 Å². The third kappa shape index (κ3) is 3.41. The maximum Gasteiger partial charge on any atom is 0.263 e. The molecule has 2 aromatic carbocycles. The van der Waals surface area contributed by atoms with E-state index in [0.29, 0.717) is 23.3 Å². The number of aromatic nitrogens is 2. The Morgan fingerprint density at radius 2 is 2.03 bits per heavy atom. The van der Waals surface area contributed by atoms with Crippen molar-refractivity contribution in [3.63, 3.8) is 0 Å². The molecule has 144 valence electrons. The van der Waals surface area contributed by atoms with Crippen LogP contribution in [0.4, 0.5) is 0 Å². The van der Waals surface area contributed by atoms with Gasteiger partial charge in [-0.25, -0.2) is 4.98 Å². The molecule has 0 aliphatic heterocycles. The average molecular weight is 401 g/mol. The fraction of sp³-hybridized carbons (Fsp3) is 0.174. The molecule has 0 amide bonds. The number of thiophene rings is 1. The Morgan fingerprint density at radius 1 is 1.21 bits per heavy atom. The summed E-state index contributed by atoms with van der Waals surface area (Å²) in [6, 6.07) is 15.4. The fourth-order valence-electron chi connectivity index (χ4n) is 3.49. The third-order valence-electron chi connectivity index (χ3n) is 4.99. The van der Waals surface area contributed by atoms with E-state index >= 15 is 0 Å². The number of hydrogen-bond donors (Lipinski definition) is 0. The summed E-state index contributed by atoms with van der Waals surface area (Å²) in [4.78, 5) is 18.8. The predicted molar refractivity (Wildman–Crippen MR) is 116 cm³/mol. The lowest BCUT2D eigenvalue weighted by atomic mass is 10.0. The van der Waals surface area contributed by atoms with E-state index in [9.17, 15) is 4.79 Å². The zero-order chi connectivity index (χ0) is 20.5. The van der Waals surface area contributed by atoms with E-state index in [-0.39, 0.29) is 5.56 Å². The van der Waals surface area contributed by atoms with Crippen LogP contribution >= 0.6 is 11.3 Å². The molecule has 29 heavy (non-hydrogen) atoms. The van der Waals surface area contributed by atoms with Gasteiger partial charge in [0.1, 0.15) is 16.4 Å². The molecular weight excluding hydrogens is 382 g/mol. The molecule has 0 aliphatic rings. The average Bonchev–Trinajstić information content (AvgIpc) is 3.15. The number of nitriles is 1. The molecule has 0 atom stereocenters. The molecule has 0 radical (unpaired) electrons. The van der Waals surface area contributed by atoms with Gasteiger partial charge < -0.3 is 4.74 Å². The van der Waals surface area contributed by atoms with Gasteiger partial charge in [0, 0.05) is 10.9 Å². The zero-order valence-electron chi connectivity index (χ0n) is 16.4. The van der Waals surface area contributed by atoms with Gasteiger partial charge >= 0.3 is 0 Å². The summed E-state index contributed by atoms with van der Waals surface area (Å²) in [5.41, 5.74) is 4.26. The smallest absolute Gasteiger partial charge is 0.263 e. The molecule has 0 bridgehead atoms. The maximum absolute atomic E-state index is 13.4. The van der Waals surface area contributed by atoms with Crippen LogP contribution in [0.2, 0.25) is 0 Å². The molecule has 4 aromatic rings. The van der Waals surface area contributed by atoms with E-state index in [2.05, 4.69) is 11.1 Å². The topological polar surface area (TPSA) is 67.9 Å². The molecule has 0 unspecified atom stereocenters. The van der Waals surface area contributed by atoms with Crippen LogP contribution in [0.15, 0.2) is 52.6 Å². The van der Waals surface area contributed by atoms with Gasteiger partial charge in [-0.3, -0.25) is 9.36 Å². The number of rotatable bonds is 4. The summed E-state index contributed by atoms with van der Waals surface area (Å²) in [5, 5.41) is 11.7. The predicted octanol–water partition coefficient (Wildman–Crippen LogP) is 4.67. The standard InChI is InChI=1S/C23H19N3O2S/c1-14-9-18(7-8-20(14)28-3)19-13-29-22-21(19)23(27)26(15(2)25-22)12-17-6-4-5-16(10-17)11-24/h4-10,13H,12H2,1-3H3. The Hall–Kier alpha value is -3.43. The second-order valence-electron chi connectivity index (χ2n) is 6.88. The van der Waals surface area contributed by atoms with Crippen molar-refractivity contribution in [2.45, 2.75) is 20.4 Å². The number of methoxy groups -OCH3 is 1. The van der Waals surface area contributed by atoms with Gasteiger partial charge in [-0.15, -0.1) is 11.3 Å². The Labute approximate surface area is 172 Å². The van der Waals surface area contributed by atoms with E-state index in [1.807, 2.05) is 49.6 Å². The van der Waals surface area contributed by atoms with Crippen molar-refractivity contribution in [1.82, 2.24) is 9.55 Å². The first kappa shape index (κ1) is 18.9. The van der Waals surface area contributed by atoms with E-state index in [1.165, 1.54) is 11.3 Å². The summed E-state index contributed by atoms with van der Waals surface area (Å²) in [6.07, 6.45) is 0. The van der Waals surface area contributed by atoms with E-state index in [4.69, 9.17) is 10.00 Å². The van der Waals surface area contributed by atoms with Gasteiger partial charge in [0.25, 0.3) is 5.56 Å². The van der Waals surface area contributed by atoms with Crippen LogP contribution < -0.4 is 10.3 Å². The number of aryl methyl sites for hydroxylation is 2. The quantitative estimate of drug-likeness (QED) is 0.498. The molecule has 5 nitrogen and oxygen atoms in total. The first-order chi connectivity index (χ1) is 14.0. The molecular formula is C23H19N3O2S. The summed E-state index contributed by atoms with van der Waals surface area (Å²) in [5.74, 6) is 1.47. The van der Waals surface area contributed by atoms with Gasteiger partial charge in [-0.2, -0.15) is 5.26 Å². The van der Waals surface area contributed by atoms with Crippen LogP contribution in [0.25, 0.3) is 21.3 Å². The van der Waals surface area contributed by atoms with Crippen molar-refractivity contribution in [2.75, 3.05) is 7.11 Å². The van der Waals surface area contributed by atoms with Crippen LogP contribution in [-0.2, 0) is 6.54 Å². The highest BCUT2D eigenvalue weighted by Crippen LogP contribution is 2.33. The number of ether oxygens (including phenoxy) is 1. The second kappa shape index (κ2) is 7.53. The largest absolute Gasteiger partial charge is 0.496 e. The van der Waals surface area contributed by atoms with Crippen LogP contribution in [0.1, 0.15) is 22.5 Å². The van der Waals surface area contributed by atoms with Gasteiger partial charge in [0.2, 0.25) is 0 Å².